The average molecular weight is 196 g/mol. The van der Waals surface area contributed by atoms with E-state index in [-0.39, 0.29) is 12.6 Å². The Kier molecular flexibility index (Phi) is 4.22. The first kappa shape index (κ1) is 10.8. The zero-order valence-corrected chi connectivity index (χ0v) is 8.23. The molecule has 0 aliphatic heterocycles. The molecule has 78 valence electrons. The van der Waals surface area contributed by atoms with Gasteiger partial charge in [-0.25, -0.2) is 0 Å². The van der Waals surface area contributed by atoms with E-state index in [1.807, 2.05) is 24.3 Å². The van der Waals surface area contributed by atoms with Crippen LogP contribution in [0.3, 0.4) is 0 Å². The highest BCUT2D eigenvalue weighted by Gasteiger charge is 2.03. The van der Waals surface area contributed by atoms with Crippen LogP contribution in [-0.2, 0) is 0 Å². The molecule has 1 aromatic carbocycles. The second-order valence-electron chi connectivity index (χ2n) is 2.99. The SMILES string of the molecule is COc1ccc(NC(CN)CO)cc1. The maximum absolute atomic E-state index is 8.92. The van der Waals surface area contributed by atoms with Gasteiger partial charge in [0.05, 0.1) is 19.8 Å². The molecule has 0 aliphatic carbocycles. The minimum absolute atomic E-state index is 0.0303. The third-order valence-corrected chi connectivity index (χ3v) is 1.97. The predicted octanol–water partition coefficient (Wildman–Crippen LogP) is 0.427. The lowest BCUT2D eigenvalue weighted by Crippen LogP contribution is -2.32. The zero-order valence-electron chi connectivity index (χ0n) is 8.23. The highest BCUT2D eigenvalue weighted by Crippen LogP contribution is 2.15. The van der Waals surface area contributed by atoms with Gasteiger partial charge in [-0.15, -0.1) is 0 Å². The molecule has 1 unspecified atom stereocenters. The van der Waals surface area contributed by atoms with Crippen molar-refractivity contribution < 1.29 is 9.84 Å². The highest BCUT2D eigenvalue weighted by atomic mass is 16.5. The van der Waals surface area contributed by atoms with Gasteiger partial charge in [0.2, 0.25) is 0 Å². The van der Waals surface area contributed by atoms with Gasteiger partial charge in [-0.05, 0) is 24.3 Å². The van der Waals surface area contributed by atoms with Crippen LogP contribution in [0.2, 0.25) is 0 Å². The van der Waals surface area contributed by atoms with Crippen LogP contribution in [0, 0.1) is 0 Å². The van der Waals surface area contributed by atoms with Crippen molar-refractivity contribution in [1.29, 1.82) is 0 Å². The summed E-state index contributed by atoms with van der Waals surface area (Å²) in [7, 11) is 1.62. The lowest BCUT2D eigenvalue weighted by molar-refractivity contribution is 0.276. The Morgan fingerprint density at radius 2 is 2.07 bits per heavy atom. The molecule has 14 heavy (non-hydrogen) atoms. The second kappa shape index (κ2) is 5.47. The van der Waals surface area contributed by atoms with Crippen LogP contribution in [0.25, 0.3) is 0 Å². The fraction of sp³-hybridized carbons (Fsp3) is 0.400. The molecule has 1 rings (SSSR count). The number of ether oxygens (including phenoxy) is 1. The van der Waals surface area contributed by atoms with Crippen molar-refractivity contribution in [2.75, 3.05) is 25.6 Å². The van der Waals surface area contributed by atoms with Crippen LogP contribution in [0.4, 0.5) is 5.69 Å². The van der Waals surface area contributed by atoms with Crippen molar-refractivity contribution in [3.05, 3.63) is 24.3 Å². The fourth-order valence-corrected chi connectivity index (χ4v) is 1.10. The third kappa shape index (κ3) is 2.90. The van der Waals surface area contributed by atoms with Gasteiger partial charge < -0.3 is 20.9 Å². The second-order valence-corrected chi connectivity index (χ2v) is 2.99. The quantitative estimate of drug-likeness (QED) is 0.638. The van der Waals surface area contributed by atoms with Crippen molar-refractivity contribution in [2.45, 2.75) is 6.04 Å². The molecule has 0 amide bonds. The summed E-state index contributed by atoms with van der Waals surface area (Å²) < 4.78 is 5.02. The number of nitrogens with two attached hydrogens (primary N) is 1. The number of rotatable bonds is 5. The van der Waals surface area contributed by atoms with Crippen LogP contribution >= 0.6 is 0 Å². The van der Waals surface area contributed by atoms with Gasteiger partial charge in [0.25, 0.3) is 0 Å². The molecule has 0 aliphatic rings. The Morgan fingerprint density at radius 3 is 2.50 bits per heavy atom. The first-order valence-electron chi connectivity index (χ1n) is 4.51. The summed E-state index contributed by atoms with van der Waals surface area (Å²) in [6.45, 7) is 0.436. The Morgan fingerprint density at radius 1 is 1.43 bits per heavy atom. The average Bonchev–Trinajstić information content (AvgIpc) is 2.26. The van der Waals surface area contributed by atoms with Gasteiger partial charge in [0.15, 0.2) is 0 Å². The van der Waals surface area contributed by atoms with Crippen LogP contribution in [0.5, 0.6) is 5.75 Å². The summed E-state index contributed by atoms with van der Waals surface area (Å²) in [5.41, 5.74) is 6.37. The molecule has 0 fully saturated rings. The van der Waals surface area contributed by atoms with E-state index in [4.69, 9.17) is 15.6 Å². The van der Waals surface area contributed by atoms with E-state index in [0.29, 0.717) is 6.54 Å². The monoisotopic (exact) mass is 196 g/mol. The first-order valence-corrected chi connectivity index (χ1v) is 4.51. The molecule has 0 spiro atoms. The number of anilines is 1. The van der Waals surface area contributed by atoms with Crippen LogP contribution < -0.4 is 15.8 Å². The number of hydrogen-bond donors (Lipinski definition) is 3. The van der Waals surface area contributed by atoms with Gasteiger partial charge in [-0.3, -0.25) is 0 Å². The van der Waals surface area contributed by atoms with Crippen LogP contribution in [0.15, 0.2) is 24.3 Å². The van der Waals surface area contributed by atoms with Gasteiger partial charge in [0, 0.05) is 12.2 Å². The fourth-order valence-electron chi connectivity index (χ4n) is 1.10. The van der Waals surface area contributed by atoms with Crippen molar-refractivity contribution in [2.24, 2.45) is 5.73 Å². The van der Waals surface area contributed by atoms with E-state index in [9.17, 15) is 0 Å². The van der Waals surface area contributed by atoms with Gasteiger partial charge in [-0.1, -0.05) is 0 Å². The zero-order chi connectivity index (χ0) is 10.4. The molecule has 4 heteroatoms. The summed E-state index contributed by atoms with van der Waals surface area (Å²) in [5, 5.41) is 12.0. The highest BCUT2D eigenvalue weighted by molar-refractivity contribution is 5.47. The third-order valence-electron chi connectivity index (χ3n) is 1.97. The normalized spacial score (nSPS) is 12.2. The summed E-state index contributed by atoms with van der Waals surface area (Å²) in [5.74, 6) is 0.809. The molecule has 1 aromatic rings. The predicted molar refractivity (Wildman–Crippen MR) is 56.5 cm³/mol. The smallest absolute Gasteiger partial charge is 0.119 e. The first-order chi connectivity index (χ1) is 6.80. The Labute approximate surface area is 83.7 Å². The van der Waals surface area contributed by atoms with Gasteiger partial charge >= 0.3 is 0 Å². The molecule has 0 aromatic heterocycles. The summed E-state index contributed by atoms with van der Waals surface area (Å²) >= 11 is 0. The lowest BCUT2D eigenvalue weighted by atomic mass is 10.2. The van der Waals surface area contributed by atoms with E-state index >= 15 is 0 Å². The van der Waals surface area contributed by atoms with Crippen molar-refractivity contribution in [3.8, 4) is 5.75 Å². The van der Waals surface area contributed by atoms with E-state index in [1.165, 1.54) is 0 Å². The summed E-state index contributed by atoms with van der Waals surface area (Å²) in [6, 6.07) is 7.39. The number of hydrogen-bond acceptors (Lipinski definition) is 4. The van der Waals surface area contributed by atoms with Crippen LogP contribution in [0.1, 0.15) is 0 Å². The number of benzene rings is 1. The molecule has 0 saturated carbocycles. The Hall–Kier alpha value is -1.26. The maximum atomic E-state index is 8.92. The molecule has 4 N–H and O–H groups in total. The molecular weight excluding hydrogens is 180 g/mol. The topological polar surface area (TPSA) is 67.5 Å². The number of aliphatic hydroxyl groups is 1. The molecule has 4 nitrogen and oxygen atoms in total. The van der Waals surface area contributed by atoms with Crippen molar-refractivity contribution >= 4 is 5.69 Å². The molecule has 0 radical (unpaired) electrons. The number of methoxy groups -OCH3 is 1. The number of nitrogens with one attached hydrogen (secondary N) is 1. The van der Waals surface area contributed by atoms with E-state index in [0.717, 1.165) is 11.4 Å². The van der Waals surface area contributed by atoms with Crippen LogP contribution in [-0.4, -0.2) is 31.4 Å². The maximum Gasteiger partial charge on any atom is 0.119 e. The summed E-state index contributed by atoms with van der Waals surface area (Å²) in [6.07, 6.45) is 0. The molecule has 0 bridgehead atoms. The van der Waals surface area contributed by atoms with E-state index in [2.05, 4.69) is 5.32 Å². The summed E-state index contributed by atoms with van der Waals surface area (Å²) in [4.78, 5) is 0. The van der Waals surface area contributed by atoms with E-state index in [1.54, 1.807) is 7.11 Å². The van der Waals surface area contributed by atoms with E-state index < -0.39 is 0 Å². The molecular formula is C10H16N2O2. The molecule has 1 atom stereocenters. The van der Waals surface area contributed by atoms with Gasteiger partial charge in [-0.2, -0.15) is 0 Å². The number of aliphatic hydroxyl groups excluding tert-OH is 1. The minimum atomic E-state index is -0.0941. The molecule has 0 heterocycles. The standard InChI is InChI=1S/C10H16N2O2/c1-14-10-4-2-8(3-5-10)12-9(6-11)7-13/h2-5,9,12-13H,6-7,11H2,1H3. The van der Waals surface area contributed by atoms with Gasteiger partial charge in [0.1, 0.15) is 5.75 Å². The largest absolute Gasteiger partial charge is 0.497 e. The minimum Gasteiger partial charge on any atom is -0.497 e. The van der Waals surface area contributed by atoms with Crippen molar-refractivity contribution in [3.63, 3.8) is 0 Å². The Balaban J connectivity index is 2.58. The molecule has 0 saturated heterocycles. The lowest BCUT2D eigenvalue weighted by Gasteiger charge is -2.15. The van der Waals surface area contributed by atoms with Crippen molar-refractivity contribution in [1.82, 2.24) is 0 Å². The Bertz CT molecular complexity index is 257.